The van der Waals surface area contributed by atoms with E-state index in [4.69, 9.17) is 9.47 Å². The lowest BCUT2D eigenvalue weighted by atomic mass is 10.2. The van der Waals surface area contributed by atoms with Gasteiger partial charge in [-0.15, -0.1) is 10.2 Å². The molecule has 1 N–H and O–H groups in total. The Hall–Kier alpha value is -2.24. The summed E-state index contributed by atoms with van der Waals surface area (Å²) < 4.78 is 12.7. The van der Waals surface area contributed by atoms with Gasteiger partial charge in [0.1, 0.15) is 25.9 Å². The topological polar surface area (TPSA) is 61.2 Å². The fourth-order valence-electron chi connectivity index (χ4n) is 1.66. The number of benzene rings is 1. The summed E-state index contributed by atoms with van der Waals surface area (Å²) >= 11 is 0. The molecule has 0 spiro atoms. The molecule has 1 aromatic heterocycles. The van der Waals surface area contributed by atoms with Crippen molar-refractivity contribution >= 4 is 0 Å². The van der Waals surface area contributed by atoms with Crippen LogP contribution in [-0.4, -0.2) is 28.1 Å². The fourth-order valence-corrected chi connectivity index (χ4v) is 1.66. The van der Waals surface area contributed by atoms with Crippen molar-refractivity contribution in [1.29, 1.82) is 0 Å². The van der Waals surface area contributed by atoms with Crippen molar-refractivity contribution < 1.29 is 9.47 Å². The molecule has 6 nitrogen and oxygen atoms in total. The van der Waals surface area contributed by atoms with Gasteiger partial charge in [-0.05, 0) is 17.7 Å². The standard InChI is InChI=1S/C11H12N4O2/c1-2-10-11(17-4-3-16-10)5-9(1)6-14-15-7-12-13-8-15/h1-2,5,7-8,14H,3-4,6H2. The van der Waals surface area contributed by atoms with Crippen molar-refractivity contribution in [2.24, 2.45) is 0 Å². The minimum Gasteiger partial charge on any atom is -0.486 e. The van der Waals surface area contributed by atoms with Gasteiger partial charge < -0.3 is 14.9 Å². The van der Waals surface area contributed by atoms with Crippen molar-refractivity contribution in [1.82, 2.24) is 14.9 Å². The molecule has 88 valence electrons. The number of hydrogen-bond acceptors (Lipinski definition) is 5. The number of nitrogens with one attached hydrogen (secondary N) is 1. The van der Waals surface area contributed by atoms with Gasteiger partial charge in [0.15, 0.2) is 11.5 Å². The lowest BCUT2D eigenvalue weighted by Crippen LogP contribution is -2.16. The minimum absolute atomic E-state index is 0.606. The van der Waals surface area contributed by atoms with Crippen molar-refractivity contribution in [2.45, 2.75) is 6.54 Å². The zero-order chi connectivity index (χ0) is 11.5. The highest BCUT2D eigenvalue weighted by atomic mass is 16.6. The average molecular weight is 232 g/mol. The van der Waals surface area contributed by atoms with E-state index in [0.717, 1.165) is 17.1 Å². The van der Waals surface area contributed by atoms with Gasteiger partial charge in [-0.3, -0.25) is 0 Å². The second kappa shape index (κ2) is 4.32. The van der Waals surface area contributed by atoms with Crippen LogP contribution in [-0.2, 0) is 6.54 Å². The molecular weight excluding hydrogens is 220 g/mol. The fraction of sp³-hybridized carbons (Fsp3) is 0.273. The van der Waals surface area contributed by atoms with Gasteiger partial charge in [-0.1, -0.05) is 6.07 Å². The van der Waals surface area contributed by atoms with E-state index in [1.165, 1.54) is 0 Å². The molecule has 1 aromatic carbocycles. The van der Waals surface area contributed by atoms with Gasteiger partial charge in [0.25, 0.3) is 0 Å². The number of aromatic nitrogens is 3. The van der Waals surface area contributed by atoms with Crippen molar-refractivity contribution in [3.05, 3.63) is 36.4 Å². The van der Waals surface area contributed by atoms with Gasteiger partial charge in [0.2, 0.25) is 0 Å². The van der Waals surface area contributed by atoms with E-state index < -0.39 is 0 Å². The summed E-state index contributed by atoms with van der Waals surface area (Å²) in [5.41, 5.74) is 4.26. The van der Waals surface area contributed by atoms with E-state index in [-0.39, 0.29) is 0 Å². The van der Waals surface area contributed by atoms with E-state index in [2.05, 4.69) is 15.6 Å². The number of ether oxygens (including phenoxy) is 2. The molecule has 0 radical (unpaired) electrons. The van der Waals surface area contributed by atoms with Crippen molar-refractivity contribution in [2.75, 3.05) is 18.6 Å². The molecule has 0 bridgehead atoms. The molecule has 1 aliphatic rings. The molecule has 6 heteroatoms. The van der Waals surface area contributed by atoms with Crippen LogP contribution in [0.3, 0.4) is 0 Å². The molecule has 3 rings (SSSR count). The summed E-state index contributed by atoms with van der Waals surface area (Å²) in [6, 6.07) is 5.91. The molecule has 2 heterocycles. The van der Waals surface area contributed by atoms with Crippen LogP contribution >= 0.6 is 0 Å². The van der Waals surface area contributed by atoms with Crippen LogP contribution in [0.4, 0.5) is 0 Å². The number of fused-ring (bicyclic) bond motifs is 1. The SMILES string of the molecule is c1cc2c(cc1CNn1cnnc1)OCCO2. The van der Waals surface area contributed by atoms with Gasteiger partial charge in [0, 0.05) is 0 Å². The van der Waals surface area contributed by atoms with E-state index in [1.54, 1.807) is 17.3 Å². The average Bonchev–Trinajstić information content (AvgIpc) is 2.89. The number of rotatable bonds is 3. The first-order valence-electron chi connectivity index (χ1n) is 5.39. The quantitative estimate of drug-likeness (QED) is 0.847. The first kappa shape index (κ1) is 9.95. The number of nitrogens with zero attached hydrogens (tertiary/aromatic N) is 3. The first-order chi connectivity index (χ1) is 8.42. The molecule has 0 amide bonds. The Morgan fingerprint density at radius 2 is 1.88 bits per heavy atom. The zero-order valence-electron chi connectivity index (χ0n) is 9.17. The van der Waals surface area contributed by atoms with Crippen LogP contribution in [0.25, 0.3) is 0 Å². The normalized spacial score (nSPS) is 13.4. The molecule has 0 atom stereocenters. The van der Waals surface area contributed by atoms with Crippen LogP contribution in [0.2, 0.25) is 0 Å². The summed E-state index contributed by atoms with van der Waals surface area (Å²) in [6.45, 7) is 1.90. The summed E-state index contributed by atoms with van der Waals surface area (Å²) in [5, 5.41) is 7.42. The third-order valence-corrected chi connectivity index (χ3v) is 2.49. The Bertz CT molecular complexity index is 498. The Kier molecular flexibility index (Phi) is 2.53. The Labute approximate surface area is 98.2 Å². The molecule has 2 aromatic rings. The molecule has 0 saturated carbocycles. The Balaban J connectivity index is 1.71. The Morgan fingerprint density at radius 3 is 2.71 bits per heavy atom. The van der Waals surface area contributed by atoms with E-state index >= 15 is 0 Å². The highest BCUT2D eigenvalue weighted by molar-refractivity contribution is 5.43. The van der Waals surface area contributed by atoms with E-state index in [0.29, 0.717) is 19.8 Å². The second-order valence-corrected chi connectivity index (χ2v) is 3.68. The Morgan fingerprint density at radius 1 is 1.12 bits per heavy atom. The minimum atomic E-state index is 0.606. The van der Waals surface area contributed by atoms with Crippen LogP contribution < -0.4 is 14.9 Å². The number of hydrogen-bond donors (Lipinski definition) is 1. The van der Waals surface area contributed by atoms with Crippen molar-refractivity contribution in [3.63, 3.8) is 0 Å². The molecular formula is C11H12N4O2. The summed E-state index contributed by atoms with van der Waals surface area (Å²) in [4.78, 5) is 0. The lowest BCUT2D eigenvalue weighted by Gasteiger charge is -2.19. The molecule has 17 heavy (non-hydrogen) atoms. The second-order valence-electron chi connectivity index (χ2n) is 3.68. The predicted molar refractivity (Wildman–Crippen MR) is 60.5 cm³/mol. The van der Waals surface area contributed by atoms with Crippen molar-refractivity contribution in [3.8, 4) is 11.5 Å². The van der Waals surface area contributed by atoms with Crippen LogP contribution in [0.1, 0.15) is 5.56 Å². The summed E-state index contributed by atoms with van der Waals surface area (Å²) in [5.74, 6) is 1.61. The molecule has 0 aliphatic carbocycles. The highest BCUT2D eigenvalue weighted by Crippen LogP contribution is 2.30. The van der Waals surface area contributed by atoms with Gasteiger partial charge in [-0.25, -0.2) is 4.68 Å². The lowest BCUT2D eigenvalue weighted by molar-refractivity contribution is 0.171. The molecule has 0 unspecified atom stereocenters. The van der Waals surface area contributed by atoms with Gasteiger partial charge >= 0.3 is 0 Å². The van der Waals surface area contributed by atoms with Gasteiger partial charge in [0.05, 0.1) is 6.54 Å². The summed E-state index contributed by atoms with van der Waals surface area (Å²) in [7, 11) is 0. The van der Waals surface area contributed by atoms with E-state index in [1.807, 2.05) is 18.2 Å². The maximum Gasteiger partial charge on any atom is 0.161 e. The monoisotopic (exact) mass is 232 g/mol. The largest absolute Gasteiger partial charge is 0.486 e. The highest BCUT2D eigenvalue weighted by Gasteiger charge is 2.11. The van der Waals surface area contributed by atoms with Crippen LogP contribution in [0, 0.1) is 0 Å². The zero-order valence-corrected chi connectivity index (χ0v) is 9.17. The molecule has 0 fully saturated rings. The van der Waals surface area contributed by atoms with Crippen LogP contribution in [0.15, 0.2) is 30.9 Å². The maximum atomic E-state index is 5.52. The van der Waals surface area contributed by atoms with E-state index in [9.17, 15) is 0 Å². The third kappa shape index (κ3) is 2.15. The molecule has 1 aliphatic heterocycles. The van der Waals surface area contributed by atoms with Gasteiger partial charge in [-0.2, -0.15) is 0 Å². The smallest absolute Gasteiger partial charge is 0.161 e. The third-order valence-electron chi connectivity index (χ3n) is 2.49. The first-order valence-corrected chi connectivity index (χ1v) is 5.39. The summed E-state index contributed by atoms with van der Waals surface area (Å²) in [6.07, 6.45) is 3.22. The maximum absolute atomic E-state index is 5.52. The predicted octanol–water partition coefficient (Wildman–Crippen LogP) is 0.793. The van der Waals surface area contributed by atoms with Crippen LogP contribution in [0.5, 0.6) is 11.5 Å². The molecule has 0 saturated heterocycles.